The van der Waals surface area contributed by atoms with Gasteiger partial charge in [-0.1, -0.05) is 0 Å². The number of nitrogens with two attached hydrogens (primary N) is 4. The highest BCUT2D eigenvalue weighted by Crippen LogP contribution is 2.41. The Labute approximate surface area is 232 Å². The first-order valence-electron chi connectivity index (χ1n) is 12.4. The van der Waals surface area contributed by atoms with Crippen LogP contribution in [-0.2, 0) is 0 Å². The maximum Gasteiger partial charge on any atom is 0.101 e. The molecule has 5 aromatic rings. The van der Waals surface area contributed by atoms with Crippen molar-refractivity contribution in [1.82, 2.24) is 0 Å². The monoisotopic (exact) mass is 522 g/mol. The van der Waals surface area contributed by atoms with Crippen LogP contribution in [0.1, 0.15) is 11.1 Å². The second kappa shape index (κ2) is 10.7. The number of hydrogen-bond donors (Lipinski definition) is 4. The molecule has 0 amide bonds. The Bertz CT molecular complexity index is 1610. The van der Waals surface area contributed by atoms with Crippen molar-refractivity contribution in [3.63, 3.8) is 0 Å². The number of hydrogen-bond acceptors (Lipinski definition) is 8. The molecule has 0 heterocycles. The zero-order valence-corrected chi connectivity index (χ0v) is 21.5. The smallest absolute Gasteiger partial charge is 0.101 e. The Hall–Kier alpha value is -6.12. The first-order valence-corrected chi connectivity index (χ1v) is 12.4. The largest absolute Gasteiger partial charge is 0.399 e. The molecule has 0 bridgehead atoms. The molecule has 0 aliphatic heterocycles. The van der Waals surface area contributed by atoms with Gasteiger partial charge in [0.15, 0.2) is 0 Å². The molecule has 0 aliphatic carbocycles. The molecule has 0 saturated carbocycles. The van der Waals surface area contributed by atoms with Gasteiger partial charge in [-0.2, -0.15) is 10.5 Å². The fourth-order valence-electron chi connectivity index (χ4n) is 4.53. The predicted octanol–water partition coefficient (Wildman–Crippen LogP) is 6.70. The molecule has 5 rings (SSSR count). The summed E-state index contributed by atoms with van der Waals surface area (Å²) < 4.78 is 0. The highest BCUT2D eigenvalue weighted by atomic mass is 15.2. The second-order valence-corrected chi connectivity index (χ2v) is 9.15. The van der Waals surface area contributed by atoms with E-state index in [1.807, 2.05) is 94.7 Å². The number of anilines is 10. The van der Waals surface area contributed by atoms with Crippen molar-refractivity contribution in [3.8, 4) is 12.1 Å². The maximum absolute atomic E-state index is 9.88. The van der Waals surface area contributed by atoms with Crippen molar-refractivity contribution in [3.05, 3.63) is 120 Å². The van der Waals surface area contributed by atoms with Crippen molar-refractivity contribution in [2.24, 2.45) is 0 Å². The molecule has 0 aromatic heterocycles. The predicted molar refractivity (Wildman–Crippen MR) is 163 cm³/mol. The van der Waals surface area contributed by atoms with Gasteiger partial charge in [0, 0.05) is 45.5 Å². The van der Waals surface area contributed by atoms with Crippen LogP contribution in [0.5, 0.6) is 0 Å². The normalized spacial score (nSPS) is 10.3. The summed E-state index contributed by atoms with van der Waals surface area (Å²) in [6.07, 6.45) is 0. The van der Waals surface area contributed by atoms with Gasteiger partial charge in [-0.05, 0) is 109 Å². The van der Waals surface area contributed by atoms with Gasteiger partial charge in [-0.15, -0.1) is 0 Å². The van der Waals surface area contributed by atoms with Gasteiger partial charge in [0.05, 0.1) is 22.5 Å². The summed E-state index contributed by atoms with van der Waals surface area (Å²) in [4.78, 5) is 3.94. The highest BCUT2D eigenvalue weighted by molar-refractivity contribution is 5.85. The quantitative estimate of drug-likeness (QED) is 0.179. The molecule has 8 N–H and O–H groups in total. The molecule has 8 nitrogen and oxygen atoms in total. The summed E-state index contributed by atoms with van der Waals surface area (Å²) in [7, 11) is 0. The standard InChI is InChI=1S/C32H26N8/c33-19-21-17-25(37)5-15-31(21)39(27-7-1-23(35)2-8-27)29-11-13-30(14-12-29)40(28-9-3-24(36)4-10-28)32-16-6-26(38)18-22(32)20-34/h1-18H,35-38H2. The molecule has 5 aromatic carbocycles. The van der Waals surface area contributed by atoms with Crippen LogP contribution in [0.15, 0.2) is 109 Å². The molecular formula is C32H26N8. The fraction of sp³-hybridized carbons (Fsp3) is 0. The summed E-state index contributed by atoms with van der Waals surface area (Å²) in [5, 5.41) is 19.8. The lowest BCUT2D eigenvalue weighted by Gasteiger charge is -2.29. The molecular weight excluding hydrogens is 496 g/mol. The second-order valence-electron chi connectivity index (χ2n) is 9.15. The van der Waals surface area contributed by atoms with E-state index in [9.17, 15) is 10.5 Å². The Balaban J connectivity index is 1.65. The van der Waals surface area contributed by atoms with Crippen molar-refractivity contribution >= 4 is 56.9 Å². The van der Waals surface area contributed by atoms with E-state index in [1.165, 1.54) is 0 Å². The number of nitriles is 2. The zero-order valence-electron chi connectivity index (χ0n) is 21.5. The summed E-state index contributed by atoms with van der Waals surface area (Å²) in [6, 6.07) is 37.7. The average molecular weight is 523 g/mol. The van der Waals surface area contributed by atoms with Gasteiger partial charge < -0.3 is 32.7 Å². The molecule has 0 saturated heterocycles. The van der Waals surface area contributed by atoms with E-state index in [-0.39, 0.29) is 0 Å². The first-order chi connectivity index (χ1) is 19.4. The van der Waals surface area contributed by atoms with Crippen LogP contribution in [0.2, 0.25) is 0 Å². The van der Waals surface area contributed by atoms with Gasteiger partial charge in [-0.25, -0.2) is 0 Å². The van der Waals surface area contributed by atoms with E-state index in [2.05, 4.69) is 12.1 Å². The van der Waals surface area contributed by atoms with E-state index in [0.717, 1.165) is 22.7 Å². The topological polar surface area (TPSA) is 158 Å². The average Bonchev–Trinajstić information content (AvgIpc) is 2.97. The molecule has 194 valence electrons. The highest BCUT2D eigenvalue weighted by Gasteiger charge is 2.20. The van der Waals surface area contributed by atoms with Crippen molar-refractivity contribution in [2.75, 3.05) is 32.7 Å². The van der Waals surface area contributed by atoms with E-state index in [0.29, 0.717) is 45.3 Å². The van der Waals surface area contributed by atoms with Gasteiger partial charge in [0.1, 0.15) is 12.1 Å². The van der Waals surface area contributed by atoms with Crippen LogP contribution in [0.4, 0.5) is 56.9 Å². The lowest BCUT2D eigenvalue weighted by Crippen LogP contribution is -2.14. The van der Waals surface area contributed by atoms with Gasteiger partial charge in [0.25, 0.3) is 0 Å². The Morgan fingerprint density at radius 2 is 0.675 bits per heavy atom. The fourth-order valence-corrected chi connectivity index (χ4v) is 4.53. The van der Waals surface area contributed by atoms with Crippen LogP contribution >= 0.6 is 0 Å². The Morgan fingerprint density at radius 1 is 0.400 bits per heavy atom. The molecule has 0 radical (unpaired) electrons. The van der Waals surface area contributed by atoms with Crippen molar-refractivity contribution < 1.29 is 0 Å². The molecule has 0 aliphatic rings. The minimum atomic E-state index is 0.435. The van der Waals surface area contributed by atoms with Gasteiger partial charge >= 0.3 is 0 Å². The first kappa shape index (κ1) is 25.5. The third-order valence-corrected chi connectivity index (χ3v) is 6.43. The van der Waals surface area contributed by atoms with Crippen LogP contribution < -0.4 is 32.7 Å². The van der Waals surface area contributed by atoms with Gasteiger partial charge in [-0.3, -0.25) is 0 Å². The Kier molecular flexibility index (Phi) is 6.83. The van der Waals surface area contributed by atoms with Gasteiger partial charge in [0.2, 0.25) is 0 Å². The van der Waals surface area contributed by atoms with E-state index < -0.39 is 0 Å². The molecule has 0 atom stereocenters. The summed E-state index contributed by atoms with van der Waals surface area (Å²) >= 11 is 0. The molecule has 0 fully saturated rings. The van der Waals surface area contributed by atoms with Crippen LogP contribution in [0, 0.1) is 22.7 Å². The van der Waals surface area contributed by atoms with E-state index in [4.69, 9.17) is 22.9 Å². The summed E-state index contributed by atoms with van der Waals surface area (Å²) in [5.74, 6) is 0. The van der Waals surface area contributed by atoms with Crippen molar-refractivity contribution in [2.45, 2.75) is 0 Å². The molecule has 8 heteroatoms. The molecule has 0 unspecified atom stereocenters. The van der Waals surface area contributed by atoms with Crippen LogP contribution in [0.25, 0.3) is 0 Å². The maximum atomic E-state index is 9.88. The van der Waals surface area contributed by atoms with E-state index in [1.54, 1.807) is 24.3 Å². The molecule has 0 spiro atoms. The van der Waals surface area contributed by atoms with Crippen molar-refractivity contribution in [1.29, 1.82) is 10.5 Å². The SMILES string of the molecule is N#Cc1cc(N)ccc1N(c1ccc(N)cc1)c1ccc(N(c2ccc(N)cc2)c2ccc(N)cc2C#N)cc1. The number of rotatable bonds is 6. The number of benzene rings is 5. The minimum absolute atomic E-state index is 0.435. The summed E-state index contributed by atoms with van der Waals surface area (Å²) in [5.41, 5.74) is 31.6. The zero-order chi connectivity index (χ0) is 28.2. The summed E-state index contributed by atoms with van der Waals surface area (Å²) in [6.45, 7) is 0. The third kappa shape index (κ3) is 5.01. The van der Waals surface area contributed by atoms with Crippen LogP contribution in [0.3, 0.4) is 0 Å². The Morgan fingerprint density at radius 3 is 0.975 bits per heavy atom. The lowest BCUT2D eigenvalue weighted by atomic mass is 10.1. The number of nitrogen functional groups attached to an aromatic ring is 4. The van der Waals surface area contributed by atoms with Crippen LogP contribution in [-0.4, -0.2) is 0 Å². The number of nitrogens with zero attached hydrogens (tertiary/aromatic N) is 4. The molecule has 40 heavy (non-hydrogen) atoms. The van der Waals surface area contributed by atoms with E-state index >= 15 is 0 Å². The lowest BCUT2D eigenvalue weighted by molar-refractivity contribution is 1.24. The third-order valence-electron chi connectivity index (χ3n) is 6.43. The minimum Gasteiger partial charge on any atom is -0.399 e.